The fourth-order valence-corrected chi connectivity index (χ4v) is 3.33. The fraction of sp³-hybridized carbons (Fsp3) is 0.167. The maximum atomic E-state index is 12.9. The van der Waals surface area contributed by atoms with Gasteiger partial charge in [-0.2, -0.15) is 0 Å². The topological polar surface area (TPSA) is 73.8 Å². The molecule has 2 N–H and O–H groups in total. The highest BCUT2D eigenvalue weighted by Crippen LogP contribution is 2.28. The van der Waals surface area contributed by atoms with Gasteiger partial charge in [0.2, 0.25) is 0 Å². The molecule has 0 amide bonds. The first-order valence-corrected chi connectivity index (χ1v) is 8.78. The molecule has 0 saturated carbocycles. The highest BCUT2D eigenvalue weighted by molar-refractivity contribution is 7.99. The van der Waals surface area contributed by atoms with Gasteiger partial charge >= 0.3 is 0 Å². The number of aromatic nitrogens is 3. The van der Waals surface area contributed by atoms with Crippen LogP contribution in [0.1, 0.15) is 17.3 Å². The number of hydrogen-bond donors (Lipinski definition) is 1. The molecular weight excluding hydrogens is 339 g/mol. The number of ketones is 1. The van der Waals surface area contributed by atoms with Gasteiger partial charge in [0.25, 0.3) is 0 Å². The summed E-state index contributed by atoms with van der Waals surface area (Å²) in [5.74, 6) is 0.433. The summed E-state index contributed by atoms with van der Waals surface area (Å²) >= 11 is 1.31. The molecule has 7 heteroatoms. The summed E-state index contributed by atoms with van der Waals surface area (Å²) in [6, 6.07) is 13.0. The Morgan fingerprint density at radius 2 is 1.88 bits per heavy atom. The molecule has 0 fully saturated rings. The standard InChI is InChI=1S/C18H17FN4OS/c1-2-23-17(14-5-3-4-6-15(14)20)21-22-18(23)25-11-16(24)12-7-9-13(19)10-8-12/h3-10H,2,11,20H2,1H3. The minimum Gasteiger partial charge on any atom is -0.398 e. The molecule has 0 aliphatic heterocycles. The van der Waals surface area contributed by atoms with Gasteiger partial charge in [0.15, 0.2) is 16.8 Å². The third-order valence-corrected chi connectivity index (χ3v) is 4.70. The van der Waals surface area contributed by atoms with E-state index in [2.05, 4.69) is 10.2 Å². The van der Waals surface area contributed by atoms with Crippen molar-refractivity contribution in [2.24, 2.45) is 0 Å². The van der Waals surface area contributed by atoms with Crippen molar-refractivity contribution in [3.05, 3.63) is 59.9 Å². The molecule has 0 radical (unpaired) electrons. The van der Waals surface area contributed by atoms with Gasteiger partial charge in [0.1, 0.15) is 5.82 Å². The first-order chi connectivity index (χ1) is 12.1. The Balaban J connectivity index is 1.78. The molecule has 128 valence electrons. The molecule has 0 unspecified atom stereocenters. The number of nitrogen functional groups attached to an aromatic ring is 1. The van der Waals surface area contributed by atoms with Crippen molar-refractivity contribution in [1.29, 1.82) is 0 Å². The average molecular weight is 356 g/mol. The number of nitrogens with zero attached hydrogens (tertiary/aromatic N) is 3. The molecule has 0 aliphatic carbocycles. The van der Waals surface area contributed by atoms with Crippen molar-refractivity contribution in [1.82, 2.24) is 14.8 Å². The van der Waals surface area contributed by atoms with E-state index in [1.54, 1.807) is 0 Å². The molecule has 5 nitrogen and oxygen atoms in total. The van der Waals surface area contributed by atoms with Crippen LogP contribution in [0.5, 0.6) is 0 Å². The lowest BCUT2D eigenvalue weighted by Crippen LogP contribution is -2.05. The summed E-state index contributed by atoms with van der Waals surface area (Å²) in [6.07, 6.45) is 0. The van der Waals surface area contributed by atoms with E-state index >= 15 is 0 Å². The number of nitrogens with two attached hydrogens (primary N) is 1. The van der Waals surface area contributed by atoms with Crippen LogP contribution in [0.3, 0.4) is 0 Å². The van der Waals surface area contributed by atoms with Gasteiger partial charge in [-0.1, -0.05) is 23.9 Å². The van der Waals surface area contributed by atoms with Gasteiger partial charge in [0, 0.05) is 23.4 Å². The number of hydrogen-bond acceptors (Lipinski definition) is 5. The molecule has 1 heterocycles. The normalized spacial score (nSPS) is 10.8. The van der Waals surface area contributed by atoms with Crippen LogP contribution in [-0.2, 0) is 6.54 Å². The molecule has 0 bridgehead atoms. The van der Waals surface area contributed by atoms with Crippen LogP contribution in [-0.4, -0.2) is 26.3 Å². The molecule has 2 aromatic carbocycles. The number of para-hydroxylation sites is 1. The van der Waals surface area contributed by atoms with Crippen molar-refractivity contribution in [3.8, 4) is 11.4 Å². The maximum absolute atomic E-state index is 12.9. The van der Waals surface area contributed by atoms with E-state index in [0.717, 1.165) is 5.56 Å². The van der Waals surface area contributed by atoms with E-state index in [0.29, 0.717) is 28.8 Å². The van der Waals surface area contributed by atoms with Gasteiger partial charge in [0.05, 0.1) is 5.75 Å². The lowest BCUT2D eigenvalue weighted by molar-refractivity contribution is 0.102. The average Bonchev–Trinajstić information content (AvgIpc) is 3.03. The quantitative estimate of drug-likeness (QED) is 0.414. The fourth-order valence-electron chi connectivity index (χ4n) is 2.43. The largest absolute Gasteiger partial charge is 0.398 e. The predicted molar refractivity (Wildman–Crippen MR) is 97.0 cm³/mol. The second kappa shape index (κ2) is 7.48. The van der Waals surface area contributed by atoms with Crippen LogP contribution >= 0.6 is 11.8 Å². The van der Waals surface area contributed by atoms with E-state index < -0.39 is 0 Å². The number of halogens is 1. The highest BCUT2D eigenvalue weighted by atomic mass is 32.2. The van der Waals surface area contributed by atoms with Gasteiger partial charge in [-0.05, 0) is 43.3 Å². The van der Waals surface area contributed by atoms with E-state index in [1.807, 2.05) is 35.8 Å². The smallest absolute Gasteiger partial charge is 0.191 e. The second-order valence-corrected chi connectivity index (χ2v) is 6.30. The Labute approximate surface area is 149 Å². The summed E-state index contributed by atoms with van der Waals surface area (Å²) in [4.78, 5) is 12.2. The summed E-state index contributed by atoms with van der Waals surface area (Å²) in [5, 5.41) is 9.07. The number of anilines is 1. The van der Waals surface area contributed by atoms with Crippen molar-refractivity contribution in [3.63, 3.8) is 0 Å². The lowest BCUT2D eigenvalue weighted by atomic mass is 10.1. The Bertz CT molecular complexity index is 892. The number of benzene rings is 2. The number of thioether (sulfide) groups is 1. The maximum Gasteiger partial charge on any atom is 0.191 e. The van der Waals surface area contributed by atoms with Gasteiger partial charge < -0.3 is 10.3 Å². The molecular formula is C18H17FN4OS. The van der Waals surface area contributed by atoms with Crippen molar-refractivity contribution < 1.29 is 9.18 Å². The monoisotopic (exact) mass is 356 g/mol. The third kappa shape index (κ3) is 3.71. The first kappa shape index (κ1) is 17.2. The Morgan fingerprint density at radius 1 is 1.16 bits per heavy atom. The zero-order valence-corrected chi connectivity index (χ0v) is 14.5. The summed E-state index contributed by atoms with van der Waals surface area (Å²) in [7, 11) is 0. The molecule has 3 aromatic rings. The van der Waals surface area contributed by atoms with Crippen molar-refractivity contribution in [2.45, 2.75) is 18.6 Å². The minimum absolute atomic E-state index is 0.0866. The molecule has 1 aromatic heterocycles. The van der Waals surface area contributed by atoms with Crippen LogP contribution in [0, 0.1) is 5.82 Å². The molecule has 25 heavy (non-hydrogen) atoms. The predicted octanol–water partition coefficient (Wildman–Crippen LogP) is 3.66. The van der Waals surface area contributed by atoms with Crippen LogP contribution in [0.4, 0.5) is 10.1 Å². The molecule has 0 aliphatic rings. The zero-order valence-electron chi connectivity index (χ0n) is 13.6. The molecule has 3 rings (SSSR count). The van der Waals surface area contributed by atoms with Crippen LogP contribution in [0.15, 0.2) is 53.7 Å². The Hall–Kier alpha value is -2.67. The van der Waals surface area contributed by atoms with Crippen LogP contribution < -0.4 is 5.73 Å². The Morgan fingerprint density at radius 3 is 2.56 bits per heavy atom. The SMILES string of the molecule is CCn1c(SCC(=O)c2ccc(F)cc2)nnc1-c1ccccc1N. The zero-order chi connectivity index (χ0) is 17.8. The highest BCUT2D eigenvalue weighted by Gasteiger charge is 2.16. The Kier molecular flexibility index (Phi) is 5.14. The first-order valence-electron chi connectivity index (χ1n) is 7.79. The molecule has 0 atom stereocenters. The minimum atomic E-state index is -0.361. The molecule has 0 saturated heterocycles. The van der Waals surface area contributed by atoms with Crippen LogP contribution in [0.2, 0.25) is 0 Å². The van der Waals surface area contributed by atoms with E-state index in [1.165, 1.54) is 36.0 Å². The lowest BCUT2D eigenvalue weighted by Gasteiger charge is -2.08. The summed E-state index contributed by atoms with van der Waals surface area (Å²) in [6.45, 7) is 2.64. The van der Waals surface area contributed by atoms with Gasteiger partial charge in [-0.25, -0.2) is 4.39 Å². The van der Waals surface area contributed by atoms with E-state index in [4.69, 9.17) is 5.73 Å². The van der Waals surface area contributed by atoms with Gasteiger partial charge in [-0.3, -0.25) is 4.79 Å². The number of Topliss-reactive ketones (excluding diaryl/α,β-unsaturated/α-hetero) is 1. The third-order valence-electron chi connectivity index (χ3n) is 3.73. The van der Waals surface area contributed by atoms with E-state index in [-0.39, 0.29) is 17.4 Å². The number of rotatable bonds is 6. The van der Waals surface area contributed by atoms with Crippen LogP contribution in [0.25, 0.3) is 11.4 Å². The number of carbonyl (C=O) groups excluding carboxylic acids is 1. The summed E-state index contributed by atoms with van der Waals surface area (Å²) in [5.41, 5.74) is 7.94. The van der Waals surface area contributed by atoms with Gasteiger partial charge in [-0.15, -0.1) is 10.2 Å². The molecule has 0 spiro atoms. The van der Waals surface area contributed by atoms with Crippen molar-refractivity contribution >= 4 is 23.2 Å². The van der Waals surface area contributed by atoms with E-state index in [9.17, 15) is 9.18 Å². The second-order valence-electron chi connectivity index (χ2n) is 5.36. The summed E-state index contributed by atoms with van der Waals surface area (Å²) < 4.78 is 14.9. The van der Waals surface area contributed by atoms with Crippen molar-refractivity contribution in [2.75, 3.05) is 11.5 Å². The number of carbonyl (C=O) groups is 1.